The van der Waals surface area contributed by atoms with E-state index in [1.165, 1.54) is 6.07 Å². The van der Waals surface area contributed by atoms with E-state index in [1.807, 2.05) is 0 Å². The quantitative estimate of drug-likeness (QED) is 0.750. The third-order valence-electron chi connectivity index (χ3n) is 2.55. The Hall–Kier alpha value is -2.26. The molecule has 8 nitrogen and oxygen atoms in total. The van der Waals surface area contributed by atoms with E-state index in [0.29, 0.717) is 17.1 Å². The summed E-state index contributed by atoms with van der Waals surface area (Å²) in [6.07, 6.45) is 0. The molecule has 0 saturated heterocycles. The average Bonchev–Trinajstić information content (AvgIpc) is 2.77. The molecule has 1 aromatic carbocycles. The molecule has 4 N–H and O–H groups in total. The van der Waals surface area contributed by atoms with E-state index in [1.54, 1.807) is 26.0 Å². The van der Waals surface area contributed by atoms with Crippen molar-refractivity contribution >= 4 is 21.6 Å². The summed E-state index contributed by atoms with van der Waals surface area (Å²) in [4.78, 5) is 15.7. The summed E-state index contributed by atoms with van der Waals surface area (Å²) in [5.41, 5.74) is 0.798. The van der Waals surface area contributed by atoms with E-state index < -0.39 is 15.9 Å². The number of benzene rings is 1. The van der Waals surface area contributed by atoms with Gasteiger partial charge in [0.2, 0.25) is 15.8 Å². The van der Waals surface area contributed by atoms with Gasteiger partial charge in [-0.15, -0.1) is 5.10 Å². The van der Waals surface area contributed by atoms with Crippen molar-refractivity contribution in [3.05, 3.63) is 35.4 Å². The fourth-order valence-corrected chi connectivity index (χ4v) is 2.42. The molecule has 1 aromatic heterocycles. The Kier molecular flexibility index (Phi) is 3.55. The first kappa shape index (κ1) is 14.2. The van der Waals surface area contributed by atoms with Crippen molar-refractivity contribution in [2.24, 2.45) is 5.14 Å². The minimum atomic E-state index is -3.84. The fraction of sp³-hybridized carbons (Fsp3) is 0.182. The average molecular weight is 295 g/mol. The zero-order valence-electron chi connectivity index (χ0n) is 10.8. The number of primary sulfonamides is 1. The van der Waals surface area contributed by atoms with Crippen LogP contribution in [0.2, 0.25) is 0 Å². The summed E-state index contributed by atoms with van der Waals surface area (Å²) in [6.45, 7) is 3.28. The molecule has 0 aliphatic carbocycles. The number of nitrogens with zero attached hydrogens (tertiary/aromatic N) is 2. The van der Waals surface area contributed by atoms with Crippen LogP contribution in [0.15, 0.2) is 23.1 Å². The van der Waals surface area contributed by atoms with Gasteiger partial charge in [0.15, 0.2) is 0 Å². The summed E-state index contributed by atoms with van der Waals surface area (Å²) in [7, 11) is -3.84. The molecule has 0 bridgehead atoms. The van der Waals surface area contributed by atoms with Crippen LogP contribution in [0.25, 0.3) is 0 Å². The molecule has 20 heavy (non-hydrogen) atoms. The van der Waals surface area contributed by atoms with E-state index in [4.69, 9.17) is 5.14 Å². The van der Waals surface area contributed by atoms with Gasteiger partial charge in [0.25, 0.3) is 5.91 Å². The van der Waals surface area contributed by atoms with E-state index >= 15 is 0 Å². The van der Waals surface area contributed by atoms with Crippen molar-refractivity contribution in [3.63, 3.8) is 0 Å². The van der Waals surface area contributed by atoms with Crippen molar-refractivity contribution in [3.8, 4) is 0 Å². The van der Waals surface area contributed by atoms with E-state index in [-0.39, 0.29) is 10.7 Å². The highest BCUT2D eigenvalue weighted by Crippen LogP contribution is 2.19. The predicted molar refractivity (Wildman–Crippen MR) is 71.6 cm³/mol. The van der Waals surface area contributed by atoms with Gasteiger partial charge in [-0.25, -0.2) is 18.5 Å². The number of nitrogens with one attached hydrogen (secondary N) is 2. The standard InChI is InChI=1S/C11H13N5O3S/c1-6-3-4-8(5-9(6)20(12,18)19)14-11(17)10-13-7(2)15-16-10/h3-5H,1-2H3,(H,14,17)(H2,12,18,19)(H,13,15,16). The van der Waals surface area contributed by atoms with Gasteiger partial charge < -0.3 is 5.32 Å². The molecule has 1 heterocycles. The van der Waals surface area contributed by atoms with Crippen LogP contribution in [-0.2, 0) is 10.0 Å². The molecule has 1 amide bonds. The number of nitrogens with two attached hydrogens (primary N) is 1. The number of rotatable bonds is 3. The van der Waals surface area contributed by atoms with Crippen LogP contribution < -0.4 is 10.5 Å². The minimum absolute atomic E-state index is 0.0276. The zero-order chi connectivity index (χ0) is 14.9. The molecule has 106 valence electrons. The van der Waals surface area contributed by atoms with Gasteiger partial charge in [-0.3, -0.25) is 9.89 Å². The van der Waals surface area contributed by atoms with Crippen molar-refractivity contribution in [2.75, 3.05) is 5.32 Å². The van der Waals surface area contributed by atoms with Gasteiger partial charge in [-0.05, 0) is 31.5 Å². The Labute approximate surface area is 115 Å². The molecular weight excluding hydrogens is 282 g/mol. The second kappa shape index (κ2) is 5.02. The van der Waals surface area contributed by atoms with Crippen molar-refractivity contribution in [1.29, 1.82) is 0 Å². The highest BCUT2D eigenvalue weighted by atomic mass is 32.2. The van der Waals surface area contributed by atoms with Gasteiger partial charge in [-0.1, -0.05) is 6.07 Å². The zero-order valence-corrected chi connectivity index (χ0v) is 11.7. The van der Waals surface area contributed by atoms with Crippen LogP contribution in [0.3, 0.4) is 0 Å². The number of aromatic amines is 1. The lowest BCUT2D eigenvalue weighted by Gasteiger charge is -2.07. The maximum absolute atomic E-state index is 11.8. The smallest absolute Gasteiger partial charge is 0.295 e. The molecule has 2 rings (SSSR count). The van der Waals surface area contributed by atoms with E-state index in [0.717, 1.165) is 0 Å². The molecule has 9 heteroatoms. The molecule has 2 aromatic rings. The summed E-state index contributed by atoms with van der Waals surface area (Å²) >= 11 is 0. The highest BCUT2D eigenvalue weighted by Gasteiger charge is 2.15. The number of amides is 1. The van der Waals surface area contributed by atoms with E-state index in [2.05, 4.69) is 20.5 Å². The first-order chi connectivity index (χ1) is 9.27. The number of anilines is 1. The number of hydrogen-bond acceptors (Lipinski definition) is 5. The number of aromatic nitrogens is 3. The number of aryl methyl sites for hydroxylation is 2. The Bertz CT molecular complexity index is 766. The van der Waals surface area contributed by atoms with Crippen LogP contribution >= 0.6 is 0 Å². The van der Waals surface area contributed by atoms with Crippen LogP contribution in [0.5, 0.6) is 0 Å². The summed E-state index contributed by atoms with van der Waals surface area (Å²) in [6, 6.07) is 4.42. The van der Waals surface area contributed by atoms with Gasteiger partial charge in [0.1, 0.15) is 5.82 Å². The Morgan fingerprint density at radius 1 is 1.35 bits per heavy atom. The third-order valence-corrected chi connectivity index (χ3v) is 3.61. The molecule has 0 aliphatic rings. The summed E-state index contributed by atoms with van der Waals surface area (Å²) < 4.78 is 22.8. The Balaban J connectivity index is 2.29. The molecule has 0 radical (unpaired) electrons. The van der Waals surface area contributed by atoms with Gasteiger partial charge in [-0.2, -0.15) is 0 Å². The summed E-state index contributed by atoms with van der Waals surface area (Å²) in [5, 5.41) is 13.9. The Morgan fingerprint density at radius 3 is 2.60 bits per heavy atom. The SMILES string of the molecule is Cc1nc(C(=O)Nc2ccc(C)c(S(N)(=O)=O)c2)n[nH]1. The highest BCUT2D eigenvalue weighted by molar-refractivity contribution is 7.89. The van der Waals surface area contributed by atoms with Crippen molar-refractivity contribution in [2.45, 2.75) is 18.7 Å². The first-order valence-electron chi connectivity index (χ1n) is 5.61. The maximum atomic E-state index is 11.8. The fourth-order valence-electron chi connectivity index (χ4n) is 1.62. The maximum Gasteiger partial charge on any atom is 0.295 e. The molecule has 0 spiro atoms. The topological polar surface area (TPSA) is 131 Å². The largest absolute Gasteiger partial charge is 0.319 e. The second-order valence-electron chi connectivity index (χ2n) is 4.22. The van der Waals surface area contributed by atoms with Crippen molar-refractivity contribution in [1.82, 2.24) is 15.2 Å². The molecule has 0 aliphatic heterocycles. The normalized spacial score (nSPS) is 11.3. The van der Waals surface area contributed by atoms with Crippen LogP contribution in [0, 0.1) is 13.8 Å². The number of sulfonamides is 1. The molecule has 0 fully saturated rings. The number of H-pyrrole nitrogens is 1. The number of carbonyl (C=O) groups is 1. The number of hydrogen-bond donors (Lipinski definition) is 3. The van der Waals surface area contributed by atoms with Gasteiger partial charge >= 0.3 is 0 Å². The molecule has 0 atom stereocenters. The first-order valence-corrected chi connectivity index (χ1v) is 7.16. The van der Waals surface area contributed by atoms with Crippen LogP contribution in [0.4, 0.5) is 5.69 Å². The van der Waals surface area contributed by atoms with E-state index in [9.17, 15) is 13.2 Å². The molecule has 0 saturated carbocycles. The second-order valence-corrected chi connectivity index (χ2v) is 5.75. The Morgan fingerprint density at radius 2 is 2.05 bits per heavy atom. The predicted octanol–water partition coefficient (Wildman–Crippen LogP) is 0.321. The molecule has 0 unspecified atom stereocenters. The third kappa shape index (κ3) is 3.00. The lowest BCUT2D eigenvalue weighted by Crippen LogP contribution is -2.16. The minimum Gasteiger partial charge on any atom is -0.319 e. The molecular formula is C11H13N5O3S. The van der Waals surface area contributed by atoms with Crippen molar-refractivity contribution < 1.29 is 13.2 Å². The van der Waals surface area contributed by atoms with Gasteiger partial charge in [0.05, 0.1) is 4.90 Å². The van der Waals surface area contributed by atoms with Crippen LogP contribution in [-0.4, -0.2) is 29.5 Å². The monoisotopic (exact) mass is 295 g/mol. The number of carbonyl (C=O) groups excluding carboxylic acids is 1. The van der Waals surface area contributed by atoms with Crippen LogP contribution in [0.1, 0.15) is 22.0 Å². The summed E-state index contributed by atoms with van der Waals surface area (Å²) in [5.74, 6) is -0.0666. The van der Waals surface area contributed by atoms with Gasteiger partial charge in [0, 0.05) is 5.69 Å². The lowest BCUT2D eigenvalue weighted by molar-refractivity contribution is 0.101. The lowest BCUT2D eigenvalue weighted by atomic mass is 10.2.